The summed E-state index contributed by atoms with van der Waals surface area (Å²) in [5, 5.41) is 18.8. The van der Waals surface area contributed by atoms with E-state index in [0.29, 0.717) is 18.4 Å². The predicted octanol–water partition coefficient (Wildman–Crippen LogP) is 0.375. The van der Waals surface area contributed by atoms with E-state index in [1.807, 2.05) is 23.1 Å². The Hall–Kier alpha value is -2.06. The Bertz CT molecular complexity index is 492. The molecule has 0 aliphatic carbocycles. The van der Waals surface area contributed by atoms with Gasteiger partial charge in [0.05, 0.1) is 18.2 Å². The van der Waals surface area contributed by atoms with Crippen LogP contribution in [0.1, 0.15) is 18.4 Å². The minimum atomic E-state index is -1.45. The molecule has 0 unspecified atom stereocenters. The fourth-order valence-corrected chi connectivity index (χ4v) is 2.20. The third-order valence-electron chi connectivity index (χ3n) is 3.29. The van der Waals surface area contributed by atoms with Gasteiger partial charge in [-0.1, -0.05) is 0 Å². The molecule has 5 nitrogen and oxygen atoms in total. The van der Waals surface area contributed by atoms with Crippen LogP contribution in [-0.4, -0.2) is 29.7 Å². The normalized spacial score (nSPS) is 23.4. The lowest BCUT2D eigenvalue weighted by Gasteiger charge is -2.38. The number of nitrogens with zero attached hydrogens (tertiary/aromatic N) is 2. The smallest absolute Gasteiger partial charge is 0.251 e. The number of nitriles is 1. The van der Waals surface area contributed by atoms with Gasteiger partial charge < -0.3 is 15.7 Å². The molecular formula is C13H15N3O2. The number of piperidine rings is 1. The van der Waals surface area contributed by atoms with Crippen LogP contribution in [0.2, 0.25) is 0 Å². The summed E-state index contributed by atoms with van der Waals surface area (Å²) in [6.07, 6.45) is 1.11. The lowest BCUT2D eigenvalue weighted by Crippen LogP contribution is -2.56. The number of primary amides is 1. The maximum Gasteiger partial charge on any atom is 0.251 e. The number of rotatable bonds is 2. The van der Waals surface area contributed by atoms with Crippen LogP contribution in [0, 0.1) is 11.3 Å². The molecule has 1 aliphatic rings. The summed E-state index contributed by atoms with van der Waals surface area (Å²) in [6, 6.07) is 9.10. The lowest BCUT2D eigenvalue weighted by molar-refractivity contribution is -0.137. The number of amides is 1. The minimum Gasteiger partial charge on any atom is -0.378 e. The van der Waals surface area contributed by atoms with Crippen molar-refractivity contribution in [1.29, 1.82) is 5.26 Å². The fraction of sp³-hybridized carbons (Fsp3) is 0.385. The zero-order chi connectivity index (χ0) is 13.2. The number of benzene rings is 1. The summed E-state index contributed by atoms with van der Waals surface area (Å²) in [7, 11) is 0. The molecule has 0 spiro atoms. The molecule has 1 saturated heterocycles. The number of nitrogens with two attached hydrogens (primary N) is 1. The molecule has 1 heterocycles. The van der Waals surface area contributed by atoms with E-state index in [4.69, 9.17) is 11.0 Å². The van der Waals surface area contributed by atoms with Gasteiger partial charge in [-0.25, -0.2) is 0 Å². The average molecular weight is 245 g/mol. The Morgan fingerprint density at radius 1 is 1.44 bits per heavy atom. The molecule has 1 amide bonds. The van der Waals surface area contributed by atoms with Crippen LogP contribution in [0.3, 0.4) is 0 Å². The van der Waals surface area contributed by atoms with Crippen LogP contribution >= 0.6 is 0 Å². The Balaban J connectivity index is 2.18. The van der Waals surface area contributed by atoms with E-state index >= 15 is 0 Å². The average Bonchev–Trinajstić information content (AvgIpc) is 2.39. The van der Waals surface area contributed by atoms with Crippen molar-refractivity contribution < 1.29 is 9.90 Å². The van der Waals surface area contributed by atoms with Gasteiger partial charge in [0.1, 0.15) is 0 Å². The topological polar surface area (TPSA) is 90.3 Å². The molecule has 1 atom stereocenters. The number of anilines is 1. The van der Waals surface area contributed by atoms with Gasteiger partial charge in [0, 0.05) is 12.2 Å². The maximum atomic E-state index is 11.3. The van der Waals surface area contributed by atoms with Crippen molar-refractivity contribution >= 4 is 11.6 Å². The van der Waals surface area contributed by atoms with Crippen molar-refractivity contribution in [3.63, 3.8) is 0 Å². The van der Waals surface area contributed by atoms with E-state index in [1.165, 1.54) is 0 Å². The zero-order valence-electron chi connectivity index (χ0n) is 9.97. The van der Waals surface area contributed by atoms with Crippen LogP contribution in [0.5, 0.6) is 0 Å². The predicted molar refractivity (Wildman–Crippen MR) is 66.7 cm³/mol. The molecule has 1 fully saturated rings. The van der Waals surface area contributed by atoms with Crippen molar-refractivity contribution in [3.05, 3.63) is 29.8 Å². The van der Waals surface area contributed by atoms with Gasteiger partial charge in [-0.3, -0.25) is 4.79 Å². The highest BCUT2D eigenvalue weighted by molar-refractivity contribution is 5.84. The van der Waals surface area contributed by atoms with E-state index in [9.17, 15) is 9.90 Å². The summed E-state index contributed by atoms with van der Waals surface area (Å²) in [6.45, 7) is 0.968. The van der Waals surface area contributed by atoms with E-state index in [1.54, 1.807) is 12.1 Å². The molecule has 1 aromatic carbocycles. The number of carbonyl (C=O) groups excluding carboxylic acids is 1. The largest absolute Gasteiger partial charge is 0.378 e. The maximum absolute atomic E-state index is 11.3. The highest BCUT2D eigenvalue weighted by Gasteiger charge is 2.38. The molecule has 0 bridgehead atoms. The van der Waals surface area contributed by atoms with Gasteiger partial charge >= 0.3 is 0 Å². The van der Waals surface area contributed by atoms with Crippen molar-refractivity contribution in [2.75, 3.05) is 18.0 Å². The second-order valence-electron chi connectivity index (χ2n) is 4.58. The zero-order valence-corrected chi connectivity index (χ0v) is 9.97. The lowest BCUT2D eigenvalue weighted by atomic mass is 9.92. The third-order valence-corrected chi connectivity index (χ3v) is 3.29. The van der Waals surface area contributed by atoms with Crippen molar-refractivity contribution in [2.45, 2.75) is 18.4 Å². The first-order chi connectivity index (χ1) is 8.55. The standard InChI is InChI=1S/C13H15N3O2/c14-8-10-2-4-11(5-3-10)16-7-1-6-13(18,9-16)12(15)17/h2-5,18H,1,6-7,9H2,(H2,15,17)/t13-/m1/s1. The van der Waals surface area contributed by atoms with Crippen LogP contribution < -0.4 is 10.6 Å². The van der Waals surface area contributed by atoms with E-state index in [0.717, 1.165) is 12.2 Å². The molecule has 0 saturated carbocycles. The first kappa shape index (κ1) is 12.4. The van der Waals surface area contributed by atoms with Crippen LogP contribution in [-0.2, 0) is 4.79 Å². The summed E-state index contributed by atoms with van der Waals surface area (Å²) in [5.74, 6) is -0.680. The molecule has 0 aromatic heterocycles. The van der Waals surface area contributed by atoms with Crippen LogP contribution in [0.4, 0.5) is 5.69 Å². The highest BCUT2D eigenvalue weighted by atomic mass is 16.3. The molecular weight excluding hydrogens is 230 g/mol. The Morgan fingerprint density at radius 2 is 2.11 bits per heavy atom. The van der Waals surface area contributed by atoms with Crippen LogP contribution in [0.25, 0.3) is 0 Å². The molecule has 1 aliphatic heterocycles. The second kappa shape index (κ2) is 4.67. The number of hydrogen-bond acceptors (Lipinski definition) is 4. The first-order valence-corrected chi connectivity index (χ1v) is 5.82. The molecule has 94 valence electrons. The molecule has 18 heavy (non-hydrogen) atoms. The summed E-state index contributed by atoms with van der Waals surface area (Å²) in [5.41, 5.74) is 5.24. The van der Waals surface area contributed by atoms with Crippen molar-refractivity contribution in [2.24, 2.45) is 5.73 Å². The van der Waals surface area contributed by atoms with Gasteiger partial charge in [0.15, 0.2) is 5.60 Å². The Morgan fingerprint density at radius 3 is 2.67 bits per heavy atom. The fourth-order valence-electron chi connectivity index (χ4n) is 2.20. The van der Waals surface area contributed by atoms with E-state index < -0.39 is 11.5 Å². The van der Waals surface area contributed by atoms with Crippen molar-refractivity contribution in [3.8, 4) is 6.07 Å². The summed E-state index contributed by atoms with van der Waals surface area (Å²) >= 11 is 0. The summed E-state index contributed by atoms with van der Waals surface area (Å²) in [4.78, 5) is 13.2. The third kappa shape index (κ3) is 2.29. The van der Waals surface area contributed by atoms with E-state index in [-0.39, 0.29) is 6.54 Å². The molecule has 5 heteroatoms. The van der Waals surface area contributed by atoms with Gasteiger partial charge in [-0.2, -0.15) is 5.26 Å². The minimum absolute atomic E-state index is 0.203. The Labute approximate surface area is 105 Å². The number of aliphatic hydroxyl groups is 1. The van der Waals surface area contributed by atoms with Crippen molar-refractivity contribution in [1.82, 2.24) is 0 Å². The van der Waals surface area contributed by atoms with Gasteiger partial charge in [0.2, 0.25) is 0 Å². The first-order valence-electron chi connectivity index (χ1n) is 5.82. The van der Waals surface area contributed by atoms with Crippen LogP contribution in [0.15, 0.2) is 24.3 Å². The second-order valence-corrected chi connectivity index (χ2v) is 4.58. The highest BCUT2D eigenvalue weighted by Crippen LogP contribution is 2.26. The Kier molecular flexibility index (Phi) is 3.21. The van der Waals surface area contributed by atoms with Gasteiger partial charge in [0.25, 0.3) is 5.91 Å². The monoisotopic (exact) mass is 245 g/mol. The molecule has 0 radical (unpaired) electrons. The van der Waals surface area contributed by atoms with Gasteiger partial charge in [-0.15, -0.1) is 0 Å². The van der Waals surface area contributed by atoms with Gasteiger partial charge in [-0.05, 0) is 37.1 Å². The van der Waals surface area contributed by atoms with E-state index in [2.05, 4.69) is 0 Å². The molecule has 1 aromatic rings. The quantitative estimate of drug-likeness (QED) is 0.787. The number of carbonyl (C=O) groups is 1. The molecule has 3 N–H and O–H groups in total. The molecule has 2 rings (SSSR count). The summed E-state index contributed by atoms with van der Waals surface area (Å²) < 4.78 is 0. The number of β-amino-alcohol motifs (C(OH)–C–C–N with tert-alkyl or cyclic N) is 1. The number of hydrogen-bond donors (Lipinski definition) is 2. The SMILES string of the molecule is N#Cc1ccc(N2CCC[C@](O)(C(N)=O)C2)cc1.